The molecule has 4 rings (SSSR count). The Morgan fingerprint density at radius 2 is 1.22 bits per heavy atom. The van der Waals surface area contributed by atoms with Crippen LogP contribution < -0.4 is 0 Å². The molecule has 1 fully saturated rings. The summed E-state index contributed by atoms with van der Waals surface area (Å²) in [6.07, 6.45) is 0. The molecule has 1 unspecified atom stereocenters. The molecule has 1 N–H and O–H groups in total. The van der Waals surface area contributed by atoms with Gasteiger partial charge in [-0.3, -0.25) is 19.3 Å². The quantitative estimate of drug-likeness (QED) is 0.474. The minimum atomic E-state index is -1.11. The summed E-state index contributed by atoms with van der Waals surface area (Å²) < 4.78 is 0. The van der Waals surface area contributed by atoms with Crippen LogP contribution in [-0.2, 0) is 4.79 Å². The van der Waals surface area contributed by atoms with E-state index in [1.54, 1.807) is 80.8 Å². The molecule has 190 valence electrons. The van der Waals surface area contributed by atoms with Gasteiger partial charge in [-0.15, -0.1) is 0 Å². The fraction of sp³-hybridized carbons (Fsp3) is 0.267. The van der Waals surface area contributed by atoms with E-state index in [-0.39, 0.29) is 42.7 Å². The predicted octanol–water partition coefficient (Wildman–Crippen LogP) is 3.87. The number of carbonyl (C=O) groups is 4. The Kier molecular flexibility index (Phi) is 7.94. The Balaban J connectivity index is 1.87. The van der Waals surface area contributed by atoms with Crippen LogP contribution in [0.25, 0.3) is 0 Å². The van der Waals surface area contributed by atoms with Crippen molar-refractivity contribution in [3.05, 3.63) is 107 Å². The Morgan fingerprint density at radius 1 is 0.757 bits per heavy atom. The second-order valence-electron chi connectivity index (χ2n) is 9.57. The third kappa shape index (κ3) is 5.67. The summed E-state index contributed by atoms with van der Waals surface area (Å²) in [5, 5.41) is 9.98. The zero-order valence-electron chi connectivity index (χ0n) is 20.9. The van der Waals surface area contributed by atoms with Gasteiger partial charge in [-0.25, -0.2) is 4.79 Å². The van der Waals surface area contributed by atoms with Gasteiger partial charge in [-0.2, -0.15) is 0 Å². The number of carboxylic acid groups (broad SMARTS) is 1. The second-order valence-corrected chi connectivity index (χ2v) is 9.57. The lowest BCUT2D eigenvalue weighted by Gasteiger charge is -2.43. The molecule has 3 atom stereocenters. The molecule has 0 spiro atoms. The molecule has 1 amide bonds. The molecular formula is C30H30N2O5. The first-order valence-corrected chi connectivity index (χ1v) is 12.2. The number of carboxylic acids is 1. The van der Waals surface area contributed by atoms with Crippen molar-refractivity contribution in [2.45, 2.75) is 5.92 Å². The van der Waals surface area contributed by atoms with Gasteiger partial charge in [0, 0.05) is 56.1 Å². The first-order valence-electron chi connectivity index (χ1n) is 12.2. The van der Waals surface area contributed by atoms with Crippen LogP contribution >= 0.6 is 0 Å². The van der Waals surface area contributed by atoms with Crippen molar-refractivity contribution in [1.29, 1.82) is 0 Å². The summed E-state index contributed by atoms with van der Waals surface area (Å²) in [5.74, 6) is -3.76. The van der Waals surface area contributed by atoms with Crippen molar-refractivity contribution in [3.63, 3.8) is 0 Å². The monoisotopic (exact) mass is 498 g/mol. The van der Waals surface area contributed by atoms with E-state index in [4.69, 9.17) is 0 Å². The number of nitrogens with zero attached hydrogens (tertiary/aromatic N) is 2. The highest BCUT2D eigenvalue weighted by molar-refractivity contribution is 6.03. The minimum Gasteiger partial charge on any atom is -0.478 e. The maximum atomic E-state index is 14.0. The summed E-state index contributed by atoms with van der Waals surface area (Å²) in [6.45, 7) is 0.506. The molecule has 1 aliphatic rings. The number of likely N-dealkylation sites (N-methyl/N-ethyl adjacent to an activating group) is 1. The van der Waals surface area contributed by atoms with Crippen LogP contribution in [0.15, 0.2) is 84.9 Å². The fourth-order valence-corrected chi connectivity index (χ4v) is 5.14. The van der Waals surface area contributed by atoms with Crippen molar-refractivity contribution in [1.82, 2.24) is 9.80 Å². The van der Waals surface area contributed by atoms with Gasteiger partial charge in [0.1, 0.15) is 0 Å². The SMILES string of the molecule is CN(C)C(=O)CN1C[C@H](C(=O)c2ccccc2)C(c2ccccc2C(=O)O)[C@H](C(=O)c2ccccc2)C1. The van der Waals surface area contributed by atoms with Crippen molar-refractivity contribution >= 4 is 23.4 Å². The number of likely N-dealkylation sites (tertiary alicyclic amines) is 1. The summed E-state index contributed by atoms with van der Waals surface area (Å²) in [4.78, 5) is 56.1. The van der Waals surface area contributed by atoms with Crippen LogP contribution in [0, 0.1) is 11.8 Å². The van der Waals surface area contributed by atoms with E-state index in [2.05, 4.69) is 0 Å². The fourth-order valence-electron chi connectivity index (χ4n) is 5.14. The van der Waals surface area contributed by atoms with Gasteiger partial charge in [-0.05, 0) is 11.6 Å². The number of amides is 1. The molecule has 1 saturated heterocycles. The predicted molar refractivity (Wildman–Crippen MR) is 140 cm³/mol. The van der Waals surface area contributed by atoms with Gasteiger partial charge < -0.3 is 10.0 Å². The molecule has 7 nitrogen and oxygen atoms in total. The van der Waals surface area contributed by atoms with Gasteiger partial charge in [0.05, 0.1) is 12.1 Å². The van der Waals surface area contributed by atoms with Gasteiger partial charge in [-0.1, -0.05) is 78.9 Å². The van der Waals surface area contributed by atoms with Crippen LogP contribution in [0.4, 0.5) is 0 Å². The highest BCUT2D eigenvalue weighted by Gasteiger charge is 2.46. The first kappa shape index (κ1) is 26.0. The number of Topliss-reactive ketones (excluding diaryl/α,β-unsaturated/α-hetero) is 2. The van der Waals surface area contributed by atoms with Crippen LogP contribution in [0.1, 0.15) is 42.6 Å². The second kappa shape index (κ2) is 11.3. The molecule has 1 aliphatic heterocycles. The molecular weight excluding hydrogens is 468 g/mol. The number of ketones is 2. The van der Waals surface area contributed by atoms with Gasteiger partial charge in [0.2, 0.25) is 5.91 Å². The molecule has 0 saturated carbocycles. The lowest BCUT2D eigenvalue weighted by Crippen LogP contribution is -2.52. The van der Waals surface area contributed by atoms with E-state index in [1.165, 1.54) is 11.0 Å². The Morgan fingerprint density at radius 3 is 1.68 bits per heavy atom. The summed E-state index contributed by atoms with van der Waals surface area (Å²) >= 11 is 0. The standard InChI is InChI=1S/C30H30N2O5/c1-31(2)26(33)19-32-17-24(28(34)20-11-5-3-6-12-20)27(22-15-9-10-16-23(22)30(36)37)25(18-32)29(35)21-13-7-4-8-14-21/h3-16,24-25,27H,17-19H2,1-2H3,(H,36,37)/t24-,25+,27?. The number of hydrogen-bond acceptors (Lipinski definition) is 5. The van der Waals surface area contributed by atoms with E-state index in [1.807, 2.05) is 17.0 Å². The Bertz CT molecular complexity index is 1230. The highest BCUT2D eigenvalue weighted by Crippen LogP contribution is 2.42. The van der Waals surface area contributed by atoms with Gasteiger partial charge >= 0.3 is 5.97 Å². The third-order valence-corrected chi connectivity index (χ3v) is 6.97. The van der Waals surface area contributed by atoms with E-state index in [0.29, 0.717) is 16.7 Å². The van der Waals surface area contributed by atoms with E-state index in [0.717, 1.165) is 0 Å². The largest absolute Gasteiger partial charge is 0.478 e. The normalized spacial score (nSPS) is 19.7. The molecule has 0 aromatic heterocycles. The molecule has 3 aromatic rings. The van der Waals surface area contributed by atoms with E-state index in [9.17, 15) is 24.3 Å². The van der Waals surface area contributed by atoms with Gasteiger partial charge in [0.15, 0.2) is 11.6 Å². The number of hydrogen-bond donors (Lipinski definition) is 1. The average Bonchev–Trinajstić information content (AvgIpc) is 2.92. The van der Waals surface area contributed by atoms with Gasteiger partial charge in [0.25, 0.3) is 0 Å². The highest BCUT2D eigenvalue weighted by atomic mass is 16.4. The van der Waals surface area contributed by atoms with Crippen LogP contribution in [0.5, 0.6) is 0 Å². The molecule has 3 aromatic carbocycles. The van der Waals surface area contributed by atoms with E-state index < -0.39 is 23.7 Å². The Labute approximate surface area is 216 Å². The molecule has 1 heterocycles. The van der Waals surface area contributed by atoms with Crippen LogP contribution in [0.2, 0.25) is 0 Å². The smallest absolute Gasteiger partial charge is 0.335 e. The molecule has 0 radical (unpaired) electrons. The summed E-state index contributed by atoms with van der Waals surface area (Å²) in [6, 6.07) is 24.2. The number of aromatic carboxylic acids is 1. The molecule has 7 heteroatoms. The van der Waals surface area contributed by atoms with Crippen molar-refractivity contribution in [2.24, 2.45) is 11.8 Å². The van der Waals surface area contributed by atoms with Crippen LogP contribution in [-0.4, -0.2) is 72.1 Å². The van der Waals surface area contributed by atoms with Crippen LogP contribution in [0.3, 0.4) is 0 Å². The minimum absolute atomic E-state index is 0.0530. The number of rotatable bonds is 8. The average molecular weight is 499 g/mol. The summed E-state index contributed by atoms with van der Waals surface area (Å²) in [5.41, 5.74) is 1.49. The van der Waals surface area contributed by atoms with Crippen molar-refractivity contribution < 1.29 is 24.3 Å². The van der Waals surface area contributed by atoms with Crippen molar-refractivity contribution in [3.8, 4) is 0 Å². The number of piperidine rings is 1. The zero-order valence-corrected chi connectivity index (χ0v) is 20.9. The molecule has 0 aliphatic carbocycles. The lowest BCUT2D eigenvalue weighted by molar-refractivity contribution is -0.130. The van der Waals surface area contributed by atoms with E-state index >= 15 is 0 Å². The molecule has 37 heavy (non-hydrogen) atoms. The maximum absolute atomic E-state index is 14.0. The Hall–Kier alpha value is -4.10. The molecule has 0 bridgehead atoms. The third-order valence-electron chi connectivity index (χ3n) is 6.97. The summed E-state index contributed by atoms with van der Waals surface area (Å²) in [7, 11) is 3.33. The van der Waals surface area contributed by atoms with Crippen molar-refractivity contribution in [2.75, 3.05) is 33.7 Å². The maximum Gasteiger partial charge on any atom is 0.335 e. The topological polar surface area (TPSA) is 95.0 Å². The number of benzene rings is 3. The first-order chi connectivity index (χ1) is 17.8. The number of carbonyl (C=O) groups excluding carboxylic acids is 3. The zero-order chi connectivity index (χ0) is 26.5. The lowest BCUT2D eigenvalue weighted by atomic mass is 9.67.